The Kier molecular flexibility index (Phi) is 4.13. The van der Waals surface area contributed by atoms with Gasteiger partial charge in [0, 0.05) is 36.1 Å². The first-order valence-corrected chi connectivity index (χ1v) is 6.18. The molecule has 1 aromatic carbocycles. The fourth-order valence-corrected chi connectivity index (χ4v) is 2.01. The number of carbonyl (C=O) groups is 2. The van der Waals surface area contributed by atoms with Crippen molar-refractivity contribution in [1.29, 1.82) is 0 Å². The normalized spacial score (nSPS) is 11.0. The SMILES string of the molecule is CC(=O)NCCC=Cc1cccc2[nH]cc(C=O)c12. The van der Waals surface area contributed by atoms with Gasteiger partial charge in [0.05, 0.1) is 0 Å². The monoisotopic (exact) mass is 256 g/mol. The zero-order valence-corrected chi connectivity index (χ0v) is 10.8. The van der Waals surface area contributed by atoms with Gasteiger partial charge in [-0.2, -0.15) is 0 Å². The lowest BCUT2D eigenvalue weighted by Crippen LogP contribution is -2.20. The minimum absolute atomic E-state index is 0.0237. The third-order valence-corrected chi connectivity index (χ3v) is 2.88. The van der Waals surface area contributed by atoms with Crippen LogP contribution in [0.1, 0.15) is 29.3 Å². The number of amides is 1. The molecule has 4 heteroatoms. The molecule has 0 unspecified atom stereocenters. The Bertz CT molecular complexity index is 626. The summed E-state index contributed by atoms with van der Waals surface area (Å²) in [6, 6.07) is 5.86. The molecule has 0 aliphatic heterocycles. The summed E-state index contributed by atoms with van der Waals surface area (Å²) < 4.78 is 0. The van der Waals surface area contributed by atoms with E-state index in [9.17, 15) is 9.59 Å². The van der Waals surface area contributed by atoms with E-state index in [0.717, 1.165) is 29.2 Å². The van der Waals surface area contributed by atoms with E-state index in [1.54, 1.807) is 6.20 Å². The molecule has 0 aliphatic carbocycles. The van der Waals surface area contributed by atoms with E-state index in [4.69, 9.17) is 0 Å². The van der Waals surface area contributed by atoms with Gasteiger partial charge in [0.25, 0.3) is 0 Å². The van der Waals surface area contributed by atoms with Crippen LogP contribution in [0.4, 0.5) is 0 Å². The van der Waals surface area contributed by atoms with Crippen molar-refractivity contribution in [3.05, 3.63) is 41.6 Å². The van der Waals surface area contributed by atoms with E-state index in [1.165, 1.54) is 6.92 Å². The van der Waals surface area contributed by atoms with Crippen molar-refractivity contribution in [3.63, 3.8) is 0 Å². The van der Waals surface area contributed by atoms with Gasteiger partial charge in [0.2, 0.25) is 5.91 Å². The van der Waals surface area contributed by atoms with Crippen LogP contribution in [0.25, 0.3) is 17.0 Å². The van der Waals surface area contributed by atoms with Crippen LogP contribution in [0.5, 0.6) is 0 Å². The molecular weight excluding hydrogens is 240 g/mol. The number of aldehydes is 1. The van der Waals surface area contributed by atoms with Crippen molar-refractivity contribution in [2.45, 2.75) is 13.3 Å². The van der Waals surface area contributed by atoms with Crippen LogP contribution in [0.15, 0.2) is 30.5 Å². The Morgan fingerprint density at radius 3 is 2.95 bits per heavy atom. The molecule has 4 nitrogen and oxygen atoms in total. The minimum atomic E-state index is -0.0237. The van der Waals surface area contributed by atoms with E-state index in [2.05, 4.69) is 10.3 Å². The Morgan fingerprint density at radius 1 is 1.37 bits per heavy atom. The van der Waals surface area contributed by atoms with Crippen molar-refractivity contribution in [3.8, 4) is 0 Å². The van der Waals surface area contributed by atoms with Gasteiger partial charge < -0.3 is 10.3 Å². The molecule has 2 aromatic rings. The third-order valence-electron chi connectivity index (χ3n) is 2.88. The lowest BCUT2D eigenvalue weighted by molar-refractivity contribution is -0.118. The molecule has 0 bridgehead atoms. The second-order valence-corrected chi connectivity index (χ2v) is 4.31. The first-order valence-electron chi connectivity index (χ1n) is 6.18. The van der Waals surface area contributed by atoms with Crippen molar-refractivity contribution in [1.82, 2.24) is 10.3 Å². The maximum Gasteiger partial charge on any atom is 0.216 e. The van der Waals surface area contributed by atoms with Crippen LogP contribution in [-0.4, -0.2) is 23.7 Å². The lowest BCUT2D eigenvalue weighted by atomic mass is 10.1. The molecule has 0 atom stereocenters. The molecule has 2 rings (SSSR count). The molecule has 0 saturated heterocycles. The Labute approximate surface area is 111 Å². The van der Waals surface area contributed by atoms with Crippen LogP contribution in [0.3, 0.4) is 0 Å². The highest BCUT2D eigenvalue weighted by Gasteiger charge is 2.05. The Balaban J connectivity index is 2.15. The summed E-state index contributed by atoms with van der Waals surface area (Å²) in [5.74, 6) is -0.0237. The van der Waals surface area contributed by atoms with Gasteiger partial charge in [-0.15, -0.1) is 0 Å². The van der Waals surface area contributed by atoms with E-state index in [-0.39, 0.29) is 5.91 Å². The van der Waals surface area contributed by atoms with Gasteiger partial charge in [0.1, 0.15) is 0 Å². The number of hydrogen-bond acceptors (Lipinski definition) is 2. The Hall–Kier alpha value is -2.36. The molecule has 0 spiro atoms. The molecular formula is C15H16N2O2. The van der Waals surface area contributed by atoms with E-state index in [1.807, 2.05) is 30.4 Å². The molecule has 2 N–H and O–H groups in total. The lowest BCUT2D eigenvalue weighted by Gasteiger charge is -1.99. The van der Waals surface area contributed by atoms with Crippen LogP contribution in [-0.2, 0) is 4.79 Å². The van der Waals surface area contributed by atoms with Crippen LogP contribution < -0.4 is 5.32 Å². The number of benzene rings is 1. The molecule has 0 fully saturated rings. The van der Waals surface area contributed by atoms with E-state index >= 15 is 0 Å². The van der Waals surface area contributed by atoms with Crippen molar-refractivity contribution in [2.24, 2.45) is 0 Å². The van der Waals surface area contributed by atoms with Crippen LogP contribution in [0.2, 0.25) is 0 Å². The van der Waals surface area contributed by atoms with Crippen LogP contribution in [0, 0.1) is 0 Å². The largest absolute Gasteiger partial charge is 0.360 e. The number of aromatic amines is 1. The summed E-state index contributed by atoms with van der Waals surface area (Å²) >= 11 is 0. The summed E-state index contributed by atoms with van der Waals surface area (Å²) in [6.07, 6.45) is 7.30. The molecule has 19 heavy (non-hydrogen) atoms. The number of rotatable bonds is 5. The highest BCUT2D eigenvalue weighted by molar-refractivity contribution is 6.01. The van der Waals surface area contributed by atoms with Crippen molar-refractivity contribution >= 4 is 29.2 Å². The summed E-state index contributed by atoms with van der Waals surface area (Å²) in [4.78, 5) is 24.8. The van der Waals surface area contributed by atoms with Crippen molar-refractivity contribution in [2.75, 3.05) is 6.54 Å². The summed E-state index contributed by atoms with van der Waals surface area (Å²) in [5, 5.41) is 3.67. The molecule has 1 amide bonds. The maximum absolute atomic E-state index is 11.0. The molecule has 1 aromatic heterocycles. The number of H-pyrrole nitrogens is 1. The van der Waals surface area contributed by atoms with Gasteiger partial charge in [-0.1, -0.05) is 24.3 Å². The first kappa shape index (κ1) is 13.1. The van der Waals surface area contributed by atoms with Gasteiger partial charge >= 0.3 is 0 Å². The zero-order chi connectivity index (χ0) is 13.7. The highest BCUT2D eigenvalue weighted by Crippen LogP contribution is 2.22. The van der Waals surface area contributed by atoms with Crippen molar-refractivity contribution < 1.29 is 9.59 Å². The quantitative estimate of drug-likeness (QED) is 0.638. The maximum atomic E-state index is 11.0. The van der Waals surface area contributed by atoms with Crippen LogP contribution >= 0.6 is 0 Å². The molecule has 0 aliphatic rings. The van der Waals surface area contributed by atoms with Gasteiger partial charge in [0.15, 0.2) is 6.29 Å². The number of carbonyl (C=O) groups excluding carboxylic acids is 2. The summed E-state index contributed by atoms with van der Waals surface area (Å²) in [5.41, 5.74) is 2.62. The molecule has 98 valence electrons. The van der Waals surface area contributed by atoms with Gasteiger partial charge in [-0.05, 0) is 18.1 Å². The van der Waals surface area contributed by atoms with Gasteiger partial charge in [-0.25, -0.2) is 0 Å². The average Bonchev–Trinajstić information content (AvgIpc) is 2.82. The zero-order valence-electron chi connectivity index (χ0n) is 10.8. The second-order valence-electron chi connectivity index (χ2n) is 4.31. The predicted octanol–water partition coefficient (Wildman–Crippen LogP) is 2.52. The fraction of sp³-hybridized carbons (Fsp3) is 0.200. The van der Waals surface area contributed by atoms with Gasteiger partial charge in [-0.3, -0.25) is 9.59 Å². The topological polar surface area (TPSA) is 62.0 Å². The third kappa shape index (κ3) is 3.10. The number of aromatic nitrogens is 1. The van der Waals surface area contributed by atoms with E-state index < -0.39 is 0 Å². The predicted molar refractivity (Wildman–Crippen MR) is 76.0 cm³/mol. The Morgan fingerprint density at radius 2 is 2.21 bits per heavy atom. The summed E-state index contributed by atoms with van der Waals surface area (Å²) in [6.45, 7) is 2.12. The standard InChI is InChI=1S/C15H16N2O2/c1-11(19)16-8-3-2-5-12-6-4-7-14-15(12)13(10-18)9-17-14/h2,4-7,9-10,17H,3,8H2,1H3,(H,16,19). The number of hydrogen-bond donors (Lipinski definition) is 2. The fourth-order valence-electron chi connectivity index (χ4n) is 2.01. The molecule has 0 radical (unpaired) electrons. The average molecular weight is 256 g/mol. The second kappa shape index (κ2) is 6.00. The number of fused-ring (bicyclic) bond motifs is 1. The number of nitrogens with one attached hydrogen (secondary N) is 2. The first-order chi connectivity index (χ1) is 9.22. The molecule has 0 saturated carbocycles. The van der Waals surface area contributed by atoms with E-state index in [0.29, 0.717) is 12.1 Å². The molecule has 1 heterocycles. The highest BCUT2D eigenvalue weighted by atomic mass is 16.1. The summed E-state index contributed by atoms with van der Waals surface area (Å²) in [7, 11) is 0. The smallest absolute Gasteiger partial charge is 0.216 e. The minimum Gasteiger partial charge on any atom is -0.360 e.